The Morgan fingerprint density at radius 3 is 2.56 bits per heavy atom. The van der Waals surface area contributed by atoms with Crippen molar-refractivity contribution in [1.82, 2.24) is 0 Å². The Balaban J connectivity index is 1.84. The summed E-state index contributed by atoms with van der Waals surface area (Å²) in [6, 6.07) is 16.5. The van der Waals surface area contributed by atoms with Crippen molar-refractivity contribution in [3.8, 4) is 0 Å². The maximum atomic E-state index is 11.7. The first-order chi connectivity index (χ1) is 8.75. The quantitative estimate of drug-likeness (QED) is 0.661. The minimum Gasteiger partial charge on any atom is -0.462 e. The fraction of sp³-hybridized carbons (Fsp3) is 0.133. The van der Waals surface area contributed by atoms with Gasteiger partial charge in [0.2, 0.25) is 0 Å². The number of esters is 1. The van der Waals surface area contributed by atoms with E-state index in [-0.39, 0.29) is 5.97 Å². The topological polar surface area (TPSA) is 52.3 Å². The van der Waals surface area contributed by atoms with Crippen molar-refractivity contribution < 1.29 is 9.53 Å². The summed E-state index contributed by atoms with van der Waals surface area (Å²) in [7, 11) is 0. The van der Waals surface area contributed by atoms with Crippen LogP contribution in [0.3, 0.4) is 0 Å². The number of nitrogens with two attached hydrogens (primary N) is 1. The second kappa shape index (κ2) is 5.87. The normalized spacial score (nSPS) is 10.0. The molecule has 0 fully saturated rings. The fourth-order valence-electron chi connectivity index (χ4n) is 1.67. The van der Waals surface area contributed by atoms with E-state index in [0.717, 1.165) is 11.3 Å². The molecule has 2 aromatic rings. The third-order valence-electron chi connectivity index (χ3n) is 2.58. The first-order valence-electron chi connectivity index (χ1n) is 5.82. The van der Waals surface area contributed by atoms with E-state index in [2.05, 4.69) is 0 Å². The molecule has 2 rings (SSSR count). The number of benzene rings is 2. The molecule has 0 aromatic heterocycles. The molecule has 0 unspecified atom stereocenters. The zero-order chi connectivity index (χ0) is 12.8. The molecule has 0 atom stereocenters. The largest absolute Gasteiger partial charge is 0.462 e. The molecule has 2 N–H and O–H groups in total. The summed E-state index contributed by atoms with van der Waals surface area (Å²) in [5.74, 6) is -0.292. The molecule has 0 aliphatic rings. The van der Waals surface area contributed by atoms with Crippen LogP contribution in [-0.4, -0.2) is 12.6 Å². The van der Waals surface area contributed by atoms with E-state index in [0.29, 0.717) is 18.6 Å². The number of carbonyl (C=O) groups is 1. The van der Waals surface area contributed by atoms with Crippen molar-refractivity contribution >= 4 is 11.7 Å². The van der Waals surface area contributed by atoms with Gasteiger partial charge in [-0.3, -0.25) is 0 Å². The zero-order valence-corrected chi connectivity index (χ0v) is 10.0. The highest BCUT2D eigenvalue weighted by molar-refractivity contribution is 5.89. The fourth-order valence-corrected chi connectivity index (χ4v) is 1.67. The van der Waals surface area contributed by atoms with Gasteiger partial charge in [-0.15, -0.1) is 0 Å². The monoisotopic (exact) mass is 241 g/mol. The van der Waals surface area contributed by atoms with Crippen LogP contribution < -0.4 is 5.73 Å². The Kier molecular flexibility index (Phi) is 3.97. The molecule has 0 spiro atoms. The van der Waals surface area contributed by atoms with E-state index in [1.165, 1.54) is 0 Å². The number of nitrogen functional groups attached to an aromatic ring is 1. The summed E-state index contributed by atoms with van der Waals surface area (Å²) in [6.07, 6.45) is 0.670. The van der Waals surface area contributed by atoms with Crippen LogP contribution >= 0.6 is 0 Å². The van der Waals surface area contributed by atoms with E-state index in [4.69, 9.17) is 10.5 Å². The SMILES string of the molecule is Nc1cccc(CCOC(=O)c2ccccc2)c1. The summed E-state index contributed by atoms with van der Waals surface area (Å²) < 4.78 is 5.19. The Hall–Kier alpha value is -2.29. The molecule has 18 heavy (non-hydrogen) atoms. The van der Waals surface area contributed by atoms with Crippen molar-refractivity contribution in [2.24, 2.45) is 0 Å². The minimum atomic E-state index is -0.292. The van der Waals surface area contributed by atoms with Crippen molar-refractivity contribution in [2.45, 2.75) is 6.42 Å². The molecule has 0 radical (unpaired) electrons. The van der Waals surface area contributed by atoms with Gasteiger partial charge in [-0.05, 0) is 29.8 Å². The molecular weight excluding hydrogens is 226 g/mol. The minimum absolute atomic E-state index is 0.292. The molecule has 0 aliphatic carbocycles. The van der Waals surface area contributed by atoms with Gasteiger partial charge in [-0.25, -0.2) is 4.79 Å². The molecule has 0 aliphatic heterocycles. The highest BCUT2D eigenvalue weighted by Gasteiger charge is 2.05. The molecule has 92 valence electrons. The van der Waals surface area contributed by atoms with Gasteiger partial charge in [0.1, 0.15) is 0 Å². The van der Waals surface area contributed by atoms with Gasteiger partial charge >= 0.3 is 5.97 Å². The van der Waals surface area contributed by atoms with Crippen LogP contribution in [0.25, 0.3) is 0 Å². The summed E-state index contributed by atoms with van der Waals surface area (Å²) in [5, 5.41) is 0. The maximum Gasteiger partial charge on any atom is 0.338 e. The molecule has 2 aromatic carbocycles. The standard InChI is InChI=1S/C15H15NO2/c16-14-8-4-5-12(11-14)9-10-18-15(17)13-6-2-1-3-7-13/h1-8,11H,9-10,16H2. The van der Waals surface area contributed by atoms with Crippen LogP contribution in [0, 0.1) is 0 Å². The smallest absolute Gasteiger partial charge is 0.338 e. The van der Waals surface area contributed by atoms with Crippen molar-refractivity contribution in [3.63, 3.8) is 0 Å². The van der Waals surface area contributed by atoms with E-state index < -0.39 is 0 Å². The van der Waals surface area contributed by atoms with Crippen LogP contribution in [0.4, 0.5) is 5.69 Å². The number of hydrogen-bond acceptors (Lipinski definition) is 3. The van der Waals surface area contributed by atoms with Crippen LogP contribution in [-0.2, 0) is 11.2 Å². The molecule has 3 nitrogen and oxygen atoms in total. The van der Waals surface area contributed by atoms with Gasteiger partial charge in [0.25, 0.3) is 0 Å². The predicted molar refractivity (Wildman–Crippen MR) is 71.3 cm³/mol. The van der Waals surface area contributed by atoms with Crippen LogP contribution in [0.15, 0.2) is 54.6 Å². The van der Waals surface area contributed by atoms with E-state index in [1.54, 1.807) is 12.1 Å². The molecule has 0 bridgehead atoms. The number of rotatable bonds is 4. The van der Waals surface area contributed by atoms with Gasteiger partial charge in [0, 0.05) is 12.1 Å². The summed E-state index contributed by atoms with van der Waals surface area (Å²) in [5.41, 5.74) is 8.04. The Morgan fingerprint density at radius 1 is 1.06 bits per heavy atom. The Bertz CT molecular complexity index is 523. The third kappa shape index (κ3) is 3.35. The number of ether oxygens (including phenoxy) is 1. The van der Waals surface area contributed by atoms with Gasteiger partial charge in [-0.1, -0.05) is 30.3 Å². The molecule has 0 saturated heterocycles. The summed E-state index contributed by atoms with van der Waals surface area (Å²) in [6.45, 7) is 0.358. The average molecular weight is 241 g/mol. The zero-order valence-electron chi connectivity index (χ0n) is 10.0. The highest BCUT2D eigenvalue weighted by Crippen LogP contribution is 2.08. The molecular formula is C15H15NO2. The Morgan fingerprint density at radius 2 is 1.83 bits per heavy atom. The number of hydrogen-bond donors (Lipinski definition) is 1. The number of anilines is 1. The summed E-state index contributed by atoms with van der Waals surface area (Å²) in [4.78, 5) is 11.7. The lowest BCUT2D eigenvalue weighted by atomic mass is 10.1. The second-order valence-corrected chi connectivity index (χ2v) is 4.00. The van der Waals surface area contributed by atoms with Crippen LogP contribution in [0.5, 0.6) is 0 Å². The first-order valence-corrected chi connectivity index (χ1v) is 5.82. The molecule has 0 saturated carbocycles. The Labute approximate surface area is 106 Å². The molecule has 3 heteroatoms. The van der Waals surface area contributed by atoms with Crippen molar-refractivity contribution in [2.75, 3.05) is 12.3 Å². The van der Waals surface area contributed by atoms with Gasteiger partial charge in [0.05, 0.1) is 12.2 Å². The lowest BCUT2D eigenvalue weighted by Gasteiger charge is -2.05. The third-order valence-corrected chi connectivity index (χ3v) is 2.58. The molecule has 0 amide bonds. The van der Waals surface area contributed by atoms with Crippen molar-refractivity contribution in [1.29, 1.82) is 0 Å². The average Bonchev–Trinajstić information content (AvgIpc) is 2.40. The van der Waals surface area contributed by atoms with E-state index in [1.807, 2.05) is 42.5 Å². The van der Waals surface area contributed by atoms with Crippen LogP contribution in [0.2, 0.25) is 0 Å². The van der Waals surface area contributed by atoms with Gasteiger partial charge < -0.3 is 10.5 Å². The van der Waals surface area contributed by atoms with E-state index >= 15 is 0 Å². The highest BCUT2D eigenvalue weighted by atomic mass is 16.5. The van der Waals surface area contributed by atoms with Gasteiger partial charge in [0.15, 0.2) is 0 Å². The predicted octanol–water partition coefficient (Wildman–Crippen LogP) is 2.67. The van der Waals surface area contributed by atoms with Crippen molar-refractivity contribution in [3.05, 3.63) is 65.7 Å². The summed E-state index contributed by atoms with van der Waals surface area (Å²) >= 11 is 0. The van der Waals surface area contributed by atoms with Crippen LogP contribution in [0.1, 0.15) is 15.9 Å². The number of carbonyl (C=O) groups excluding carboxylic acids is 1. The second-order valence-electron chi connectivity index (χ2n) is 4.00. The maximum absolute atomic E-state index is 11.7. The molecule has 0 heterocycles. The first kappa shape index (κ1) is 12.2. The lowest BCUT2D eigenvalue weighted by Crippen LogP contribution is -2.08. The van der Waals surface area contributed by atoms with Gasteiger partial charge in [-0.2, -0.15) is 0 Å². The van der Waals surface area contributed by atoms with E-state index in [9.17, 15) is 4.79 Å². The lowest BCUT2D eigenvalue weighted by molar-refractivity contribution is 0.0509.